The van der Waals surface area contributed by atoms with Crippen molar-refractivity contribution < 1.29 is 17.9 Å². The van der Waals surface area contributed by atoms with Crippen molar-refractivity contribution in [3.8, 4) is 11.5 Å². The van der Waals surface area contributed by atoms with Crippen LogP contribution in [0.2, 0.25) is 0 Å². The number of nitrogens with one attached hydrogen (secondary N) is 1. The molecular formula is C25H27N3O4S. The van der Waals surface area contributed by atoms with E-state index < -0.39 is 22.5 Å². The largest absolute Gasteiger partial charge is 0.457 e. The Balaban J connectivity index is 1.68. The maximum absolute atomic E-state index is 12.4. The van der Waals surface area contributed by atoms with E-state index >= 15 is 0 Å². The number of para-hydroxylation sites is 1. The van der Waals surface area contributed by atoms with Crippen molar-refractivity contribution in [1.29, 1.82) is 0 Å². The van der Waals surface area contributed by atoms with Gasteiger partial charge in [-0.1, -0.05) is 30.3 Å². The summed E-state index contributed by atoms with van der Waals surface area (Å²) < 4.78 is 31.4. The van der Waals surface area contributed by atoms with Crippen LogP contribution in [0.15, 0.2) is 71.8 Å². The predicted molar refractivity (Wildman–Crippen MR) is 132 cm³/mol. The molecule has 33 heavy (non-hydrogen) atoms. The molecule has 1 amide bonds. The molecule has 0 spiro atoms. The maximum Gasteiger partial charge on any atom is 0.260 e. The molecule has 0 fully saturated rings. The first-order valence-electron chi connectivity index (χ1n) is 10.3. The second kappa shape index (κ2) is 10.3. The van der Waals surface area contributed by atoms with Crippen LogP contribution in [0.3, 0.4) is 0 Å². The van der Waals surface area contributed by atoms with Crippen LogP contribution in [-0.4, -0.2) is 33.3 Å². The number of carbonyl (C=O) groups excluding carboxylic acids is 1. The van der Waals surface area contributed by atoms with E-state index in [-0.39, 0.29) is 0 Å². The fraction of sp³-hybridized carbons (Fsp3) is 0.200. The van der Waals surface area contributed by atoms with Gasteiger partial charge in [-0.15, -0.1) is 0 Å². The van der Waals surface area contributed by atoms with Crippen LogP contribution in [0.25, 0.3) is 0 Å². The number of anilines is 1. The van der Waals surface area contributed by atoms with Crippen LogP contribution in [0.4, 0.5) is 5.69 Å². The SMILES string of the molecule is Cc1ccc(/C=N\NC(=O)CN(c2ccc(Oc3ccccc3)cc2)S(C)(=O)=O)c(C)c1C. The van der Waals surface area contributed by atoms with Crippen molar-refractivity contribution in [2.24, 2.45) is 5.10 Å². The quantitative estimate of drug-likeness (QED) is 0.396. The molecule has 3 rings (SSSR count). The van der Waals surface area contributed by atoms with Gasteiger partial charge in [0.2, 0.25) is 10.0 Å². The number of nitrogens with zero attached hydrogens (tertiary/aromatic N) is 2. The monoisotopic (exact) mass is 465 g/mol. The minimum absolute atomic E-state index is 0.349. The van der Waals surface area contributed by atoms with Crippen molar-refractivity contribution in [2.45, 2.75) is 20.8 Å². The Morgan fingerprint density at radius 3 is 2.21 bits per heavy atom. The Labute approximate surface area is 194 Å². The minimum Gasteiger partial charge on any atom is -0.457 e. The van der Waals surface area contributed by atoms with Gasteiger partial charge in [0.15, 0.2) is 0 Å². The number of sulfonamides is 1. The molecule has 3 aromatic carbocycles. The third-order valence-electron chi connectivity index (χ3n) is 5.28. The summed E-state index contributed by atoms with van der Waals surface area (Å²) in [6.45, 7) is 5.65. The summed E-state index contributed by atoms with van der Waals surface area (Å²) in [5.74, 6) is 0.667. The second-order valence-corrected chi connectivity index (χ2v) is 9.60. The lowest BCUT2D eigenvalue weighted by atomic mass is 10.00. The molecule has 172 valence electrons. The molecule has 0 radical (unpaired) electrons. The molecule has 8 heteroatoms. The Morgan fingerprint density at radius 2 is 1.58 bits per heavy atom. The summed E-state index contributed by atoms with van der Waals surface area (Å²) >= 11 is 0. The first-order chi connectivity index (χ1) is 15.6. The van der Waals surface area contributed by atoms with Gasteiger partial charge in [-0.25, -0.2) is 13.8 Å². The van der Waals surface area contributed by atoms with Crippen molar-refractivity contribution in [1.82, 2.24) is 5.43 Å². The fourth-order valence-corrected chi connectivity index (χ4v) is 4.02. The van der Waals surface area contributed by atoms with E-state index in [0.717, 1.165) is 27.3 Å². The normalized spacial score (nSPS) is 11.4. The number of carbonyl (C=O) groups is 1. The van der Waals surface area contributed by atoms with Crippen LogP contribution in [0.5, 0.6) is 11.5 Å². The molecule has 0 saturated heterocycles. The van der Waals surface area contributed by atoms with Crippen molar-refractivity contribution in [3.05, 3.63) is 89.0 Å². The highest BCUT2D eigenvalue weighted by molar-refractivity contribution is 7.92. The molecule has 0 heterocycles. The molecule has 0 bridgehead atoms. The van der Waals surface area contributed by atoms with Gasteiger partial charge in [0.1, 0.15) is 18.0 Å². The zero-order chi connectivity index (χ0) is 24.0. The topological polar surface area (TPSA) is 88.1 Å². The molecule has 7 nitrogen and oxygen atoms in total. The Hall–Kier alpha value is -3.65. The third-order valence-corrected chi connectivity index (χ3v) is 6.42. The fourth-order valence-electron chi connectivity index (χ4n) is 3.16. The van der Waals surface area contributed by atoms with E-state index in [0.29, 0.717) is 17.2 Å². The molecule has 1 N–H and O–H groups in total. The zero-order valence-electron chi connectivity index (χ0n) is 19.1. The molecule has 3 aromatic rings. The van der Waals surface area contributed by atoms with Crippen molar-refractivity contribution >= 4 is 27.8 Å². The van der Waals surface area contributed by atoms with E-state index in [1.807, 2.05) is 63.2 Å². The van der Waals surface area contributed by atoms with Gasteiger partial charge in [0.25, 0.3) is 5.91 Å². The maximum atomic E-state index is 12.4. The minimum atomic E-state index is -3.70. The van der Waals surface area contributed by atoms with Crippen LogP contribution in [-0.2, 0) is 14.8 Å². The highest BCUT2D eigenvalue weighted by Gasteiger charge is 2.21. The number of hydrazone groups is 1. The first-order valence-corrected chi connectivity index (χ1v) is 12.2. The molecule has 0 saturated carbocycles. The highest BCUT2D eigenvalue weighted by Crippen LogP contribution is 2.25. The Kier molecular flexibility index (Phi) is 7.50. The summed E-state index contributed by atoms with van der Waals surface area (Å²) in [5.41, 5.74) is 7.05. The van der Waals surface area contributed by atoms with E-state index in [4.69, 9.17) is 4.74 Å². The summed E-state index contributed by atoms with van der Waals surface area (Å²) in [6.07, 6.45) is 2.61. The van der Waals surface area contributed by atoms with Crippen molar-refractivity contribution in [3.63, 3.8) is 0 Å². The van der Waals surface area contributed by atoms with E-state index in [2.05, 4.69) is 10.5 Å². The standard InChI is InChI=1S/C25H27N3O4S/c1-18-10-11-21(20(3)19(18)2)16-26-27-25(29)17-28(33(4,30)31)22-12-14-24(15-13-22)32-23-8-6-5-7-9-23/h5-16H,17H2,1-4H3,(H,27,29)/b26-16-. The average molecular weight is 466 g/mol. The summed E-state index contributed by atoms with van der Waals surface area (Å²) in [5, 5.41) is 4.00. The zero-order valence-corrected chi connectivity index (χ0v) is 19.9. The lowest BCUT2D eigenvalue weighted by Crippen LogP contribution is -2.39. The number of ether oxygens (including phenoxy) is 1. The molecule has 0 aliphatic heterocycles. The van der Waals surface area contributed by atoms with Gasteiger partial charge in [-0.2, -0.15) is 5.10 Å². The van der Waals surface area contributed by atoms with Gasteiger partial charge in [-0.3, -0.25) is 9.10 Å². The average Bonchev–Trinajstić information content (AvgIpc) is 2.78. The van der Waals surface area contributed by atoms with E-state index in [1.54, 1.807) is 30.5 Å². The Morgan fingerprint density at radius 1 is 0.939 bits per heavy atom. The van der Waals surface area contributed by atoms with Gasteiger partial charge in [0, 0.05) is 0 Å². The third kappa shape index (κ3) is 6.43. The molecular weight excluding hydrogens is 438 g/mol. The predicted octanol–water partition coefficient (Wildman–Crippen LogP) is 4.32. The number of aryl methyl sites for hydroxylation is 1. The second-order valence-electron chi connectivity index (χ2n) is 7.69. The summed E-state index contributed by atoms with van der Waals surface area (Å²) in [4.78, 5) is 12.4. The number of amides is 1. The Bertz CT molecular complexity index is 1250. The molecule has 0 unspecified atom stereocenters. The smallest absolute Gasteiger partial charge is 0.260 e. The number of benzene rings is 3. The van der Waals surface area contributed by atoms with E-state index in [9.17, 15) is 13.2 Å². The highest BCUT2D eigenvalue weighted by atomic mass is 32.2. The molecule has 0 aromatic heterocycles. The molecule has 0 atom stereocenters. The van der Waals surface area contributed by atoms with Crippen molar-refractivity contribution in [2.75, 3.05) is 17.1 Å². The molecule has 0 aliphatic carbocycles. The van der Waals surface area contributed by atoms with Crippen LogP contribution in [0.1, 0.15) is 22.3 Å². The molecule has 0 aliphatic rings. The van der Waals surface area contributed by atoms with E-state index in [1.165, 1.54) is 5.56 Å². The van der Waals surface area contributed by atoms with Gasteiger partial charge in [0.05, 0.1) is 18.2 Å². The summed E-state index contributed by atoms with van der Waals surface area (Å²) in [6, 6.07) is 19.6. The van der Waals surface area contributed by atoms with Crippen LogP contribution < -0.4 is 14.5 Å². The van der Waals surface area contributed by atoms with Crippen LogP contribution in [0, 0.1) is 20.8 Å². The lowest BCUT2D eigenvalue weighted by molar-refractivity contribution is -0.119. The van der Waals surface area contributed by atoms with Gasteiger partial charge >= 0.3 is 0 Å². The van der Waals surface area contributed by atoms with Gasteiger partial charge < -0.3 is 4.74 Å². The first kappa shape index (κ1) is 24.0. The number of hydrogen-bond acceptors (Lipinski definition) is 5. The lowest BCUT2D eigenvalue weighted by Gasteiger charge is -2.21. The number of rotatable bonds is 8. The van der Waals surface area contributed by atoms with Crippen LogP contribution >= 0.6 is 0 Å². The summed E-state index contributed by atoms with van der Waals surface area (Å²) in [7, 11) is -3.70. The number of hydrogen-bond donors (Lipinski definition) is 1. The van der Waals surface area contributed by atoms with Gasteiger partial charge in [-0.05, 0) is 79.4 Å².